The van der Waals surface area contributed by atoms with Crippen LogP contribution in [0.3, 0.4) is 0 Å². The summed E-state index contributed by atoms with van der Waals surface area (Å²) in [6.07, 6.45) is 0. The molecule has 0 saturated carbocycles. The number of aromatic nitrogens is 2. The van der Waals surface area contributed by atoms with E-state index in [0.717, 1.165) is 36.9 Å². The van der Waals surface area contributed by atoms with E-state index in [1.54, 1.807) is 18.4 Å². The summed E-state index contributed by atoms with van der Waals surface area (Å²) in [6, 6.07) is 10.3. The van der Waals surface area contributed by atoms with Gasteiger partial charge >= 0.3 is 0 Å². The minimum atomic E-state index is 0. The van der Waals surface area contributed by atoms with Crippen molar-refractivity contribution in [1.82, 2.24) is 20.2 Å². The molecule has 2 aromatic heterocycles. The van der Waals surface area contributed by atoms with E-state index in [4.69, 9.17) is 0 Å². The van der Waals surface area contributed by atoms with Gasteiger partial charge in [-0.15, -0.1) is 24.0 Å². The maximum atomic E-state index is 4.59. The lowest BCUT2D eigenvalue weighted by Gasteiger charge is -2.12. The van der Waals surface area contributed by atoms with Gasteiger partial charge in [0, 0.05) is 26.7 Å². The van der Waals surface area contributed by atoms with Gasteiger partial charge in [-0.05, 0) is 41.4 Å². The highest BCUT2D eigenvalue weighted by atomic mass is 127. The second-order valence-electron chi connectivity index (χ2n) is 5.28. The number of para-hydroxylation sites is 2. The second kappa shape index (κ2) is 9.03. The molecular formula is C17H22IN5S. The quantitative estimate of drug-likeness (QED) is 0.353. The molecule has 2 heterocycles. The van der Waals surface area contributed by atoms with Crippen LogP contribution in [0, 0.1) is 6.92 Å². The van der Waals surface area contributed by atoms with Gasteiger partial charge < -0.3 is 15.2 Å². The number of hydrogen-bond acceptors (Lipinski definition) is 3. The largest absolute Gasteiger partial charge is 0.355 e. The van der Waals surface area contributed by atoms with Gasteiger partial charge in [0.05, 0.1) is 11.0 Å². The molecular weight excluding hydrogens is 433 g/mol. The topological polar surface area (TPSA) is 54.2 Å². The first-order valence-corrected chi connectivity index (χ1v) is 8.59. The van der Waals surface area contributed by atoms with Crippen LogP contribution in [-0.4, -0.2) is 29.1 Å². The molecule has 7 heteroatoms. The monoisotopic (exact) mass is 455 g/mol. The number of thiophene rings is 1. The minimum Gasteiger partial charge on any atom is -0.355 e. The number of nitrogens with zero attached hydrogens (tertiary/aromatic N) is 3. The average Bonchev–Trinajstić information content (AvgIpc) is 3.18. The van der Waals surface area contributed by atoms with Gasteiger partial charge in [0.25, 0.3) is 0 Å². The summed E-state index contributed by atoms with van der Waals surface area (Å²) in [5.74, 6) is 1.85. The van der Waals surface area contributed by atoms with Crippen LogP contribution in [0.2, 0.25) is 0 Å². The Labute approximate surface area is 163 Å². The van der Waals surface area contributed by atoms with E-state index in [2.05, 4.69) is 54.1 Å². The number of hydrogen-bond donors (Lipinski definition) is 2. The molecule has 0 radical (unpaired) electrons. The molecule has 0 unspecified atom stereocenters. The number of guanidine groups is 1. The summed E-state index contributed by atoms with van der Waals surface area (Å²) in [4.78, 5) is 8.86. The van der Waals surface area contributed by atoms with Gasteiger partial charge in [-0.2, -0.15) is 11.3 Å². The Morgan fingerprint density at radius 2 is 2.08 bits per heavy atom. The van der Waals surface area contributed by atoms with E-state index in [9.17, 15) is 0 Å². The molecule has 1 aromatic carbocycles. The lowest BCUT2D eigenvalue weighted by atomic mass is 10.3. The zero-order valence-corrected chi connectivity index (χ0v) is 17.0. The predicted molar refractivity (Wildman–Crippen MR) is 112 cm³/mol. The standard InChI is InChI=1S/C17H21N5S.HI/c1-13-21-15-5-3-4-6-16(15)22(13)9-8-19-17(18-2)20-11-14-7-10-23-12-14;/h3-7,10,12H,8-9,11H2,1-2H3,(H2,18,19,20);1H. The Morgan fingerprint density at radius 1 is 1.25 bits per heavy atom. The van der Waals surface area contributed by atoms with Crippen molar-refractivity contribution in [2.45, 2.75) is 20.0 Å². The van der Waals surface area contributed by atoms with Crippen molar-refractivity contribution in [3.63, 3.8) is 0 Å². The Balaban J connectivity index is 0.00000208. The van der Waals surface area contributed by atoms with Crippen molar-refractivity contribution >= 4 is 52.3 Å². The van der Waals surface area contributed by atoms with E-state index in [-0.39, 0.29) is 24.0 Å². The maximum Gasteiger partial charge on any atom is 0.191 e. The van der Waals surface area contributed by atoms with E-state index < -0.39 is 0 Å². The van der Waals surface area contributed by atoms with Crippen molar-refractivity contribution in [2.75, 3.05) is 13.6 Å². The average molecular weight is 455 g/mol. The number of benzene rings is 1. The van der Waals surface area contributed by atoms with Crippen LogP contribution >= 0.6 is 35.3 Å². The third kappa shape index (κ3) is 4.47. The normalized spacial score (nSPS) is 11.3. The molecule has 0 aliphatic heterocycles. The molecule has 24 heavy (non-hydrogen) atoms. The molecule has 128 valence electrons. The Morgan fingerprint density at radius 3 is 2.83 bits per heavy atom. The van der Waals surface area contributed by atoms with Crippen molar-refractivity contribution < 1.29 is 0 Å². The third-order valence-corrected chi connectivity index (χ3v) is 4.47. The number of fused-ring (bicyclic) bond motifs is 1. The van der Waals surface area contributed by atoms with Crippen LogP contribution in [0.5, 0.6) is 0 Å². The highest BCUT2D eigenvalue weighted by molar-refractivity contribution is 14.0. The summed E-state index contributed by atoms with van der Waals surface area (Å²) in [5, 5.41) is 10.9. The lowest BCUT2D eigenvalue weighted by Crippen LogP contribution is -2.38. The highest BCUT2D eigenvalue weighted by Crippen LogP contribution is 2.14. The fraction of sp³-hybridized carbons (Fsp3) is 0.294. The van der Waals surface area contributed by atoms with Gasteiger partial charge in [0.2, 0.25) is 0 Å². The van der Waals surface area contributed by atoms with E-state index in [1.807, 2.05) is 19.1 Å². The zero-order chi connectivity index (χ0) is 16.1. The molecule has 0 aliphatic carbocycles. The smallest absolute Gasteiger partial charge is 0.191 e. The second-order valence-corrected chi connectivity index (χ2v) is 6.06. The molecule has 0 atom stereocenters. The number of halogens is 1. The first-order valence-electron chi connectivity index (χ1n) is 7.65. The van der Waals surface area contributed by atoms with Crippen molar-refractivity contribution in [1.29, 1.82) is 0 Å². The third-order valence-electron chi connectivity index (χ3n) is 3.74. The molecule has 0 bridgehead atoms. The minimum absolute atomic E-state index is 0. The SMILES string of the molecule is CN=C(NCCn1c(C)nc2ccccc21)NCc1ccsc1.I. The molecule has 5 nitrogen and oxygen atoms in total. The summed E-state index contributed by atoms with van der Waals surface area (Å²) < 4.78 is 2.23. The molecule has 3 aromatic rings. The van der Waals surface area contributed by atoms with E-state index >= 15 is 0 Å². The number of aryl methyl sites for hydroxylation is 1. The predicted octanol–water partition coefficient (Wildman–Crippen LogP) is 3.39. The number of aliphatic imine (C=N–C) groups is 1. The van der Waals surface area contributed by atoms with Gasteiger partial charge in [0.15, 0.2) is 5.96 Å². The van der Waals surface area contributed by atoms with Gasteiger partial charge in [-0.25, -0.2) is 4.98 Å². The summed E-state index contributed by atoms with van der Waals surface area (Å²) in [5.41, 5.74) is 3.49. The van der Waals surface area contributed by atoms with Crippen molar-refractivity contribution in [3.05, 3.63) is 52.5 Å². The van der Waals surface area contributed by atoms with E-state index in [0.29, 0.717) is 0 Å². The molecule has 0 amide bonds. The first-order chi connectivity index (χ1) is 11.3. The molecule has 3 rings (SSSR count). The van der Waals surface area contributed by atoms with Gasteiger partial charge in [-0.3, -0.25) is 4.99 Å². The van der Waals surface area contributed by atoms with Gasteiger partial charge in [0.1, 0.15) is 5.82 Å². The molecule has 0 aliphatic rings. The summed E-state index contributed by atoms with van der Waals surface area (Å²) >= 11 is 1.71. The van der Waals surface area contributed by atoms with Crippen LogP contribution in [0.1, 0.15) is 11.4 Å². The summed E-state index contributed by atoms with van der Waals surface area (Å²) in [7, 11) is 1.79. The Bertz CT molecular complexity index is 795. The molecule has 2 N–H and O–H groups in total. The summed E-state index contributed by atoms with van der Waals surface area (Å²) in [6.45, 7) is 4.48. The lowest BCUT2D eigenvalue weighted by molar-refractivity contribution is 0.660. The Hall–Kier alpha value is -1.61. The molecule has 0 fully saturated rings. The molecule has 0 saturated heterocycles. The molecule has 0 spiro atoms. The van der Waals surface area contributed by atoms with Crippen molar-refractivity contribution in [3.8, 4) is 0 Å². The fourth-order valence-corrected chi connectivity index (χ4v) is 3.23. The zero-order valence-electron chi connectivity index (χ0n) is 13.8. The van der Waals surface area contributed by atoms with Crippen LogP contribution in [-0.2, 0) is 13.1 Å². The maximum absolute atomic E-state index is 4.59. The van der Waals surface area contributed by atoms with Crippen LogP contribution < -0.4 is 10.6 Å². The fourth-order valence-electron chi connectivity index (χ4n) is 2.56. The van der Waals surface area contributed by atoms with Crippen LogP contribution in [0.4, 0.5) is 0 Å². The van der Waals surface area contributed by atoms with Gasteiger partial charge in [-0.1, -0.05) is 12.1 Å². The number of nitrogens with one attached hydrogen (secondary N) is 2. The van der Waals surface area contributed by atoms with Crippen LogP contribution in [0.25, 0.3) is 11.0 Å². The van der Waals surface area contributed by atoms with E-state index in [1.165, 1.54) is 11.1 Å². The number of imidazole rings is 1. The highest BCUT2D eigenvalue weighted by Gasteiger charge is 2.06. The number of rotatable bonds is 5. The first kappa shape index (κ1) is 18.7. The van der Waals surface area contributed by atoms with Crippen molar-refractivity contribution in [2.24, 2.45) is 4.99 Å². The Kier molecular flexibility index (Phi) is 7.04. The van der Waals surface area contributed by atoms with Crippen LogP contribution in [0.15, 0.2) is 46.1 Å².